The van der Waals surface area contributed by atoms with Crippen LogP contribution in [0.5, 0.6) is 0 Å². The molecule has 0 aromatic heterocycles. The second-order valence-corrected chi connectivity index (χ2v) is 10.3. The van der Waals surface area contributed by atoms with Crippen LogP contribution in [0.3, 0.4) is 0 Å². The number of benzene rings is 4. The van der Waals surface area contributed by atoms with E-state index in [0.717, 1.165) is 28.7 Å². The van der Waals surface area contributed by atoms with Gasteiger partial charge in [-0.1, -0.05) is 0 Å². The molecule has 2 aliphatic rings. The van der Waals surface area contributed by atoms with Gasteiger partial charge < -0.3 is 24.8 Å². The summed E-state index contributed by atoms with van der Waals surface area (Å²) in [5.41, 5.74) is 11.0. The van der Waals surface area contributed by atoms with Gasteiger partial charge in [-0.15, -0.1) is 0 Å². The van der Waals surface area contributed by atoms with Gasteiger partial charge in [-0.25, -0.2) is 0 Å². The fraction of sp³-hybridized carbons (Fsp3) is 0.0588. The number of fused-ring (bicyclic) bond motifs is 3. The van der Waals surface area contributed by atoms with Crippen molar-refractivity contribution < 1.29 is 49.5 Å². The Labute approximate surface area is 246 Å². The molecule has 6 rings (SSSR count). The first kappa shape index (κ1) is 27.0. The SMILES string of the molecule is [Cl-].[Cl-].[Zr+2][C]1=C(C2c3cc(C#Cc4ccccc4)ccc3-c3ccc(C#Cc4ccccc4)cc32)C=CC1. The van der Waals surface area contributed by atoms with Gasteiger partial charge in [0.25, 0.3) is 0 Å². The molecular weight excluding hydrogens is 571 g/mol. The first-order valence-corrected chi connectivity index (χ1v) is 13.0. The molecule has 0 unspecified atom stereocenters. The van der Waals surface area contributed by atoms with Gasteiger partial charge >= 0.3 is 223 Å². The van der Waals surface area contributed by atoms with Gasteiger partial charge in [0, 0.05) is 0 Å². The molecule has 3 heteroatoms. The summed E-state index contributed by atoms with van der Waals surface area (Å²) in [6, 6.07) is 33.8. The van der Waals surface area contributed by atoms with Crippen molar-refractivity contribution in [1.82, 2.24) is 0 Å². The predicted molar refractivity (Wildman–Crippen MR) is 139 cm³/mol. The molecule has 0 radical (unpaired) electrons. The molecule has 37 heavy (non-hydrogen) atoms. The third-order valence-corrected chi connectivity index (χ3v) is 7.76. The van der Waals surface area contributed by atoms with Crippen LogP contribution in [0.25, 0.3) is 11.1 Å². The fourth-order valence-electron chi connectivity index (χ4n) is 4.88. The zero-order chi connectivity index (χ0) is 23.6. The van der Waals surface area contributed by atoms with Crippen LogP contribution in [-0.4, -0.2) is 0 Å². The van der Waals surface area contributed by atoms with Gasteiger partial charge in [-0.2, -0.15) is 0 Å². The van der Waals surface area contributed by atoms with E-state index in [-0.39, 0.29) is 30.7 Å². The molecule has 0 saturated heterocycles. The first-order chi connectivity index (χ1) is 17.3. The van der Waals surface area contributed by atoms with E-state index < -0.39 is 0 Å². The zero-order valence-corrected chi connectivity index (χ0v) is 23.9. The predicted octanol–water partition coefficient (Wildman–Crippen LogP) is 1.37. The van der Waals surface area contributed by atoms with Crippen LogP contribution in [-0.2, 0) is 24.7 Å². The summed E-state index contributed by atoms with van der Waals surface area (Å²) in [4.78, 5) is 0. The Kier molecular flexibility index (Phi) is 8.75. The third-order valence-electron chi connectivity index (χ3n) is 6.54. The van der Waals surface area contributed by atoms with Crippen molar-refractivity contribution in [2.45, 2.75) is 12.3 Å². The maximum absolute atomic E-state index is 3.39. The monoisotopic (exact) mass is 589 g/mol. The molecule has 4 aromatic rings. The van der Waals surface area contributed by atoms with Gasteiger partial charge in [-0.3, -0.25) is 0 Å². The van der Waals surface area contributed by atoms with Crippen molar-refractivity contribution in [3.05, 3.63) is 151 Å². The minimum absolute atomic E-state index is 0. The van der Waals surface area contributed by atoms with Crippen LogP contribution >= 0.6 is 0 Å². The van der Waals surface area contributed by atoms with Crippen LogP contribution < -0.4 is 24.8 Å². The second kappa shape index (κ2) is 12.0. The molecule has 4 aromatic carbocycles. The van der Waals surface area contributed by atoms with E-state index in [0.29, 0.717) is 0 Å². The fourth-order valence-corrected chi connectivity index (χ4v) is 5.73. The summed E-state index contributed by atoms with van der Waals surface area (Å²) < 4.78 is 1.53. The number of hydrogen-bond donors (Lipinski definition) is 0. The summed E-state index contributed by atoms with van der Waals surface area (Å²) in [5.74, 6) is 13.7. The van der Waals surface area contributed by atoms with Crippen LogP contribution in [0.1, 0.15) is 45.7 Å². The Balaban J connectivity index is 0.00000160. The summed E-state index contributed by atoms with van der Waals surface area (Å²) in [6.45, 7) is 0. The molecule has 0 atom stereocenters. The van der Waals surface area contributed by atoms with Gasteiger partial charge in [0.2, 0.25) is 0 Å². The molecule has 0 fully saturated rings. The van der Waals surface area contributed by atoms with Crippen LogP contribution in [0.4, 0.5) is 0 Å². The topological polar surface area (TPSA) is 0 Å². The van der Waals surface area contributed by atoms with Gasteiger partial charge in [0.15, 0.2) is 0 Å². The van der Waals surface area contributed by atoms with E-state index in [1.807, 2.05) is 36.4 Å². The van der Waals surface area contributed by atoms with Crippen molar-refractivity contribution >= 4 is 0 Å². The molecule has 0 bridgehead atoms. The number of allylic oxidation sites excluding steroid dienone is 4. The molecule has 175 valence electrons. The van der Waals surface area contributed by atoms with Crippen molar-refractivity contribution in [3.8, 4) is 34.8 Å². The van der Waals surface area contributed by atoms with Gasteiger partial charge in [0.1, 0.15) is 0 Å². The Hall–Kier alpha value is -3.06. The Bertz CT molecular complexity index is 1520. The second-order valence-electron chi connectivity index (χ2n) is 8.81. The van der Waals surface area contributed by atoms with Crippen molar-refractivity contribution in [2.75, 3.05) is 0 Å². The Morgan fingerprint density at radius 1 is 0.568 bits per heavy atom. The molecule has 0 aliphatic heterocycles. The van der Waals surface area contributed by atoms with Gasteiger partial charge in [0.05, 0.1) is 0 Å². The van der Waals surface area contributed by atoms with Crippen LogP contribution in [0.15, 0.2) is 118 Å². The minimum atomic E-state index is 0. The van der Waals surface area contributed by atoms with E-state index in [9.17, 15) is 0 Å². The maximum atomic E-state index is 3.39. The Morgan fingerprint density at radius 2 is 1.03 bits per heavy atom. The molecule has 0 saturated carbocycles. The Morgan fingerprint density at radius 3 is 1.46 bits per heavy atom. The average molecular weight is 592 g/mol. The van der Waals surface area contributed by atoms with E-state index >= 15 is 0 Å². The molecule has 0 spiro atoms. The van der Waals surface area contributed by atoms with Crippen molar-refractivity contribution in [3.63, 3.8) is 0 Å². The molecule has 2 aliphatic carbocycles. The average Bonchev–Trinajstić information content (AvgIpc) is 3.46. The molecule has 0 heterocycles. The van der Waals surface area contributed by atoms with E-state index in [2.05, 4.69) is 96.5 Å². The number of halogens is 2. The van der Waals surface area contributed by atoms with Crippen molar-refractivity contribution in [1.29, 1.82) is 0 Å². The first-order valence-electron chi connectivity index (χ1n) is 11.8. The van der Waals surface area contributed by atoms with E-state index in [1.165, 1.54) is 55.8 Å². The van der Waals surface area contributed by atoms with E-state index in [4.69, 9.17) is 0 Å². The number of rotatable bonds is 1. The quantitative estimate of drug-likeness (QED) is 0.294. The standard InChI is InChI=1S/C34H21.2ClH.Zr/c1-3-9-25(10-4-1)15-17-27-19-21-30-31-22-20-28(18-16-26-11-5-2-6-12-26)24-33(31)34(32(30)23-27)29-13-7-8-14-29;;;/h1-7,9-13,19-24,34H,8H2;2*1H;/q;;;+2/p-2. The summed E-state index contributed by atoms with van der Waals surface area (Å²) in [7, 11) is 0. The molecule has 0 nitrogen and oxygen atoms in total. The summed E-state index contributed by atoms with van der Waals surface area (Å²) in [5, 5.41) is 0. The summed E-state index contributed by atoms with van der Waals surface area (Å²) in [6.07, 6.45) is 5.70. The van der Waals surface area contributed by atoms with Gasteiger partial charge in [-0.05, 0) is 0 Å². The molecular formula is C34H21Cl2Zr. The molecule has 0 amide bonds. The normalized spacial score (nSPS) is 12.8. The van der Waals surface area contributed by atoms with Crippen molar-refractivity contribution in [2.24, 2.45) is 0 Å². The zero-order valence-electron chi connectivity index (χ0n) is 19.9. The summed E-state index contributed by atoms with van der Waals surface area (Å²) >= 11 is 1.49. The van der Waals surface area contributed by atoms with E-state index in [1.54, 1.807) is 0 Å². The number of hydrogen-bond acceptors (Lipinski definition) is 0. The third kappa shape index (κ3) is 5.62. The van der Waals surface area contributed by atoms with Crippen LogP contribution in [0.2, 0.25) is 0 Å². The van der Waals surface area contributed by atoms with Crippen LogP contribution in [0, 0.1) is 23.7 Å². The molecule has 0 N–H and O–H groups in total.